The van der Waals surface area contributed by atoms with E-state index in [4.69, 9.17) is 0 Å². The highest BCUT2D eigenvalue weighted by Crippen LogP contribution is 2.20. The third-order valence-corrected chi connectivity index (χ3v) is 3.65. The van der Waals surface area contributed by atoms with Crippen LogP contribution in [-0.4, -0.2) is 25.4 Å². The summed E-state index contributed by atoms with van der Waals surface area (Å²) in [7, 11) is 0. The maximum atomic E-state index is 10.8. The molecule has 7 heteroatoms. The van der Waals surface area contributed by atoms with E-state index in [0.717, 1.165) is 18.7 Å². The summed E-state index contributed by atoms with van der Waals surface area (Å²) in [6.45, 7) is 2.86. The van der Waals surface area contributed by atoms with E-state index < -0.39 is 4.92 Å². The lowest BCUT2D eigenvalue weighted by Gasteiger charge is -2.10. The van der Waals surface area contributed by atoms with E-state index in [1.165, 1.54) is 12.1 Å². The first-order valence-electron chi connectivity index (χ1n) is 6.39. The van der Waals surface area contributed by atoms with Crippen molar-refractivity contribution in [1.82, 2.24) is 14.8 Å². The van der Waals surface area contributed by atoms with Gasteiger partial charge in [0.1, 0.15) is 6.33 Å². The summed E-state index contributed by atoms with van der Waals surface area (Å²) in [6.07, 6.45) is 2.68. The fourth-order valence-corrected chi connectivity index (χ4v) is 2.23. The Hall–Kier alpha value is -1.89. The molecule has 106 valence electrons. The van der Waals surface area contributed by atoms with E-state index in [-0.39, 0.29) is 5.69 Å². The zero-order valence-corrected chi connectivity index (χ0v) is 12.0. The average molecular weight is 292 g/mol. The molecule has 1 aromatic carbocycles. The van der Waals surface area contributed by atoms with Crippen molar-refractivity contribution in [1.29, 1.82) is 0 Å². The molecule has 0 fully saturated rings. The van der Waals surface area contributed by atoms with Crippen LogP contribution in [0.1, 0.15) is 13.3 Å². The van der Waals surface area contributed by atoms with Gasteiger partial charge in [0.05, 0.1) is 4.92 Å². The number of hydrogen-bond donors (Lipinski definition) is 1. The number of hydrogen-bond acceptors (Lipinski definition) is 5. The van der Waals surface area contributed by atoms with Crippen LogP contribution in [-0.2, 0) is 6.54 Å². The largest absolute Gasteiger partial charge is 0.270 e. The minimum atomic E-state index is -0.422. The summed E-state index contributed by atoms with van der Waals surface area (Å²) in [5.41, 5.74) is 0.692. The van der Waals surface area contributed by atoms with Crippen molar-refractivity contribution in [2.24, 2.45) is 5.92 Å². The predicted octanol–water partition coefficient (Wildman–Crippen LogP) is 2.81. The highest BCUT2D eigenvalue weighted by Gasteiger charge is 2.11. The Bertz CT molecular complexity index is 596. The quantitative estimate of drug-likeness (QED) is 0.505. The smallest absolute Gasteiger partial charge is 0.258 e. The van der Waals surface area contributed by atoms with Crippen molar-refractivity contribution in [3.63, 3.8) is 0 Å². The minimum absolute atomic E-state index is 0.0423. The maximum absolute atomic E-state index is 10.8. The van der Waals surface area contributed by atoms with Gasteiger partial charge in [-0.15, -0.1) is 0 Å². The molecule has 0 bridgehead atoms. The molecular formula is C13H16N4O2S. The van der Waals surface area contributed by atoms with Gasteiger partial charge in [0, 0.05) is 24.2 Å². The van der Waals surface area contributed by atoms with Gasteiger partial charge in [0.15, 0.2) is 5.82 Å². The Balaban J connectivity index is 2.20. The molecule has 6 nitrogen and oxygen atoms in total. The second-order valence-corrected chi connectivity index (χ2v) is 4.92. The van der Waals surface area contributed by atoms with Crippen molar-refractivity contribution in [2.75, 3.05) is 5.75 Å². The fraction of sp³-hybridized carbons (Fsp3) is 0.385. The first-order chi connectivity index (χ1) is 9.63. The van der Waals surface area contributed by atoms with Crippen molar-refractivity contribution in [2.45, 2.75) is 19.9 Å². The van der Waals surface area contributed by atoms with Crippen LogP contribution >= 0.6 is 12.6 Å². The van der Waals surface area contributed by atoms with Gasteiger partial charge in [-0.3, -0.25) is 14.8 Å². The molecule has 1 heterocycles. The molecule has 1 aromatic heterocycles. The number of nitro benzene ring substituents is 1. The Morgan fingerprint density at radius 1 is 1.50 bits per heavy atom. The monoisotopic (exact) mass is 292 g/mol. The van der Waals surface area contributed by atoms with Crippen molar-refractivity contribution in [3.05, 3.63) is 40.7 Å². The molecule has 0 N–H and O–H groups in total. The number of non-ortho nitro benzene ring substituents is 1. The third-order valence-electron chi connectivity index (χ3n) is 3.13. The van der Waals surface area contributed by atoms with Gasteiger partial charge in [-0.2, -0.15) is 17.7 Å². The zero-order chi connectivity index (χ0) is 14.5. The maximum Gasteiger partial charge on any atom is 0.270 e. The van der Waals surface area contributed by atoms with Gasteiger partial charge in [0.25, 0.3) is 5.69 Å². The third kappa shape index (κ3) is 3.36. The minimum Gasteiger partial charge on any atom is -0.258 e. The van der Waals surface area contributed by atoms with Crippen LogP contribution in [0, 0.1) is 16.0 Å². The molecule has 2 aromatic rings. The molecule has 0 saturated carbocycles. The Morgan fingerprint density at radius 3 is 2.95 bits per heavy atom. The van der Waals surface area contributed by atoms with E-state index in [1.54, 1.807) is 23.1 Å². The zero-order valence-electron chi connectivity index (χ0n) is 11.1. The molecule has 1 unspecified atom stereocenters. The highest BCUT2D eigenvalue weighted by molar-refractivity contribution is 7.80. The van der Waals surface area contributed by atoms with Crippen LogP contribution in [0.15, 0.2) is 30.6 Å². The molecule has 1 atom stereocenters. The van der Waals surface area contributed by atoms with Gasteiger partial charge >= 0.3 is 0 Å². The number of benzene rings is 1. The lowest BCUT2D eigenvalue weighted by atomic mass is 10.1. The van der Waals surface area contributed by atoms with E-state index in [2.05, 4.69) is 29.6 Å². The second kappa shape index (κ2) is 6.51. The Labute approximate surface area is 122 Å². The molecule has 2 rings (SSSR count). The first-order valence-corrected chi connectivity index (χ1v) is 7.02. The average Bonchev–Trinajstić information content (AvgIpc) is 2.93. The SMILES string of the molecule is CCC(CS)Cn1cnc(-c2cccc([N+](=O)[O-])c2)n1. The van der Waals surface area contributed by atoms with Crippen molar-refractivity contribution in [3.8, 4) is 11.4 Å². The van der Waals surface area contributed by atoms with Gasteiger partial charge in [-0.25, -0.2) is 4.98 Å². The summed E-state index contributed by atoms with van der Waals surface area (Å²) >= 11 is 4.30. The van der Waals surface area contributed by atoms with Gasteiger partial charge in [-0.05, 0) is 11.7 Å². The lowest BCUT2D eigenvalue weighted by molar-refractivity contribution is -0.384. The second-order valence-electron chi connectivity index (χ2n) is 4.55. The summed E-state index contributed by atoms with van der Waals surface area (Å²) in [4.78, 5) is 14.6. The molecular weight excluding hydrogens is 276 g/mol. The van der Waals surface area contributed by atoms with Crippen molar-refractivity contribution >= 4 is 18.3 Å². The predicted molar refractivity (Wildman–Crippen MR) is 79.7 cm³/mol. The highest BCUT2D eigenvalue weighted by atomic mass is 32.1. The number of aromatic nitrogens is 3. The molecule has 0 aliphatic carbocycles. The summed E-state index contributed by atoms with van der Waals surface area (Å²) in [6, 6.07) is 6.34. The molecule has 0 radical (unpaired) electrons. The van der Waals surface area contributed by atoms with E-state index in [0.29, 0.717) is 17.3 Å². The Morgan fingerprint density at radius 2 is 2.30 bits per heavy atom. The molecule has 0 aliphatic heterocycles. The standard InChI is InChI=1S/C13H16N4O2S/c1-2-10(8-20)7-16-9-14-13(15-16)11-4-3-5-12(6-11)17(18)19/h3-6,9-10,20H,2,7-8H2,1H3. The molecule has 0 amide bonds. The van der Waals surface area contributed by atoms with Crippen LogP contribution in [0.3, 0.4) is 0 Å². The number of nitro groups is 1. The summed E-state index contributed by atoms with van der Waals surface area (Å²) < 4.78 is 1.76. The molecule has 0 spiro atoms. The topological polar surface area (TPSA) is 73.8 Å². The van der Waals surface area contributed by atoms with Crippen LogP contribution in [0.25, 0.3) is 11.4 Å². The van der Waals surface area contributed by atoms with Crippen LogP contribution in [0.4, 0.5) is 5.69 Å². The Kier molecular flexibility index (Phi) is 4.73. The van der Waals surface area contributed by atoms with Crippen LogP contribution in [0.2, 0.25) is 0 Å². The van der Waals surface area contributed by atoms with Gasteiger partial charge < -0.3 is 0 Å². The summed E-state index contributed by atoms with van der Waals surface area (Å²) in [5, 5.41) is 15.1. The van der Waals surface area contributed by atoms with E-state index in [9.17, 15) is 10.1 Å². The molecule has 0 saturated heterocycles. The first kappa shape index (κ1) is 14.5. The summed E-state index contributed by atoms with van der Waals surface area (Å²) in [5.74, 6) is 1.74. The van der Waals surface area contributed by atoms with Crippen LogP contribution < -0.4 is 0 Å². The van der Waals surface area contributed by atoms with Crippen LogP contribution in [0.5, 0.6) is 0 Å². The lowest BCUT2D eigenvalue weighted by Crippen LogP contribution is -2.11. The van der Waals surface area contributed by atoms with Gasteiger partial charge in [-0.1, -0.05) is 25.5 Å². The molecule has 0 aliphatic rings. The van der Waals surface area contributed by atoms with E-state index >= 15 is 0 Å². The van der Waals surface area contributed by atoms with Crippen molar-refractivity contribution < 1.29 is 4.92 Å². The number of nitrogens with zero attached hydrogens (tertiary/aromatic N) is 4. The number of rotatable bonds is 6. The molecule has 20 heavy (non-hydrogen) atoms. The van der Waals surface area contributed by atoms with Gasteiger partial charge in [0.2, 0.25) is 0 Å². The normalized spacial score (nSPS) is 12.3. The fourth-order valence-electron chi connectivity index (χ4n) is 1.85. The number of thiol groups is 1. The van der Waals surface area contributed by atoms with E-state index in [1.807, 2.05) is 0 Å².